The van der Waals surface area contributed by atoms with Crippen LogP contribution in [0.2, 0.25) is 0 Å². The van der Waals surface area contributed by atoms with E-state index in [0.717, 1.165) is 5.92 Å². The molecule has 0 aromatic rings. The largest absolute Gasteiger partial charge is 0.462 e. The Hall–Kier alpha value is -0.530. The van der Waals surface area contributed by atoms with Crippen LogP contribution in [-0.4, -0.2) is 12.1 Å². The zero-order chi connectivity index (χ0) is 14.1. The maximum atomic E-state index is 11.6. The Morgan fingerprint density at radius 3 is 2.37 bits per heavy atom. The summed E-state index contributed by atoms with van der Waals surface area (Å²) in [6.45, 7) is 11.2. The van der Waals surface area contributed by atoms with Gasteiger partial charge in [-0.05, 0) is 42.4 Å². The van der Waals surface area contributed by atoms with Crippen LogP contribution in [-0.2, 0) is 9.53 Å². The van der Waals surface area contributed by atoms with Gasteiger partial charge in [0.25, 0.3) is 0 Å². The van der Waals surface area contributed by atoms with Crippen molar-refractivity contribution in [2.45, 2.75) is 72.8 Å². The lowest BCUT2D eigenvalue weighted by atomic mass is 9.63. The maximum Gasteiger partial charge on any atom is 0.302 e. The predicted octanol–water partition coefficient (Wildman–Crippen LogP) is 4.18. The Morgan fingerprint density at radius 1 is 1.05 bits per heavy atom. The minimum atomic E-state index is -0.0949. The van der Waals surface area contributed by atoms with Gasteiger partial charge in [0.1, 0.15) is 6.10 Å². The van der Waals surface area contributed by atoms with Gasteiger partial charge in [-0.1, -0.05) is 34.1 Å². The average molecular weight is 264 g/mol. The third kappa shape index (κ3) is 1.52. The lowest BCUT2D eigenvalue weighted by Crippen LogP contribution is -2.46. The minimum Gasteiger partial charge on any atom is -0.462 e. The summed E-state index contributed by atoms with van der Waals surface area (Å²) in [6, 6.07) is 0. The van der Waals surface area contributed by atoms with Crippen LogP contribution in [0, 0.1) is 28.1 Å². The molecule has 3 aliphatic carbocycles. The SMILES string of the molecule is CC(=O)O[C@@H]1[C@@H]2C3CC[C@@]1(C)C3(C)CCCC2(C)C. The van der Waals surface area contributed by atoms with Crippen molar-refractivity contribution in [3.63, 3.8) is 0 Å². The molecule has 4 bridgehead atoms. The highest BCUT2D eigenvalue weighted by molar-refractivity contribution is 5.66. The number of hydrogen-bond acceptors (Lipinski definition) is 2. The van der Waals surface area contributed by atoms with Crippen molar-refractivity contribution in [1.82, 2.24) is 0 Å². The molecule has 3 fully saturated rings. The van der Waals surface area contributed by atoms with Gasteiger partial charge in [0.15, 0.2) is 0 Å². The van der Waals surface area contributed by atoms with E-state index < -0.39 is 0 Å². The van der Waals surface area contributed by atoms with Crippen molar-refractivity contribution in [3.05, 3.63) is 0 Å². The lowest BCUT2D eigenvalue weighted by Gasteiger charge is -2.46. The zero-order valence-corrected chi connectivity index (χ0v) is 13.1. The van der Waals surface area contributed by atoms with Crippen molar-refractivity contribution in [2.24, 2.45) is 28.1 Å². The van der Waals surface area contributed by atoms with Gasteiger partial charge in [-0.3, -0.25) is 4.79 Å². The molecule has 0 saturated heterocycles. The second-order valence-electron chi connectivity index (χ2n) is 8.38. The van der Waals surface area contributed by atoms with Gasteiger partial charge in [-0.15, -0.1) is 0 Å². The summed E-state index contributed by atoms with van der Waals surface area (Å²) in [7, 11) is 0. The number of ether oxygens (including phenoxy) is 1. The van der Waals surface area contributed by atoms with Gasteiger partial charge < -0.3 is 4.74 Å². The topological polar surface area (TPSA) is 26.3 Å². The Morgan fingerprint density at radius 2 is 1.74 bits per heavy atom. The molecule has 2 unspecified atom stereocenters. The first-order valence-electron chi connectivity index (χ1n) is 7.90. The Balaban J connectivity index is 2.08. The van der Waals surface area contributed by atoms with Crippen LogP contribution < -0.4 is 0 Å². The van der Waals surface area contributed by atoms with Gasteiger partial charge in [0, 0.05) is 18.3 Å². The van der Waals surface area contributed by atoms with Crippen molar-refractivity contribution in [2.75, 3.05) is 0 Å². The van der Waals surface area contributed by atoms with E-state index in [0.29, 0.717) is 16.7 Å². The summed E-state index contributed by atoms with van der Waals surface area (Å²) in [6.07, 6.45) is 6.63. The highest BCUT2D eigenvalue weighted by Crippen LogP contribution is 2.74. The molecule has 0 aromatic heterocycles. The maximum absolute atomic E-state index is 11.6. The summed E-state index contributed by atoms with van der Waals surface area (Å²) >= 11 is 0. The predicted molar refractivity (Wildman–Crippen MR) is 75.6 cm³/mol. The van der Waals surface area contributed by atoms with Crippen LogP contribution in [0.5, 0.6) is 0 Å². The highest BCUT2D eigenvalue weighted by atomic mass is 16.5. The molecule has 0 spiro atoms. The highest BCUT2D eigenvalue weighted by Gasteiger charge is 2.72. The van der Waals surface area contributed by atoms with Gasteiger partial charge in [-0.2, -0.15) is 0 Å². The molecule has 3 aliphatic rings. The van der Waals surface area contributed by atoms with E-state index in [9.17, 15) is 4.79 Å². The second kappa shape index (κ2) is 3.77. The van der Waals surface area contributed by atoms with Crippen LogP contribution in [0.25, 0.3) is 0 Å². The van der Waals surface area contributed by atoms with E-state index in [1.165, 1.54) is 32.1 Å². The molecular weight excluding hydrogens is 236 g/mol. The van der Waals surface area contributed by atoms with Crippen molar-refractivity contribution in [3.8, 4) is 0 Å². The molecule has 0 aliphatic heterocycles. The number of carbonyl (C=O) groups is 1. The van der Waals surface area contributed by atoms with Crippen LogP contribution in [0.1, 0.15) is 66.7 Å². The molecule has 0 radical (unpaired) electrons. The molecular formula is C17H28O2. The number of esters is 1. The molecule has 0 amide bonds. The molecule has 5 atom stereocenters. The monoisotopic (exact) mass is 264 g/mol. The van der Waals surface area contributed by atoms with Gasteiger partial charge in [0.05, 0.1) is 0 Å². The summed E-state index contributed by atoms with van der Waals surface area (Å²) in [4.78, 5) is 11.6. The fourth-order valence-electron chi connectivity index (χ4n) is 6.02. The quantitative estimate of drug-likeness (QED) is 0.664. The van der Waals surface area contributed by atoms with E-state index in [1.807, 2.05) is 0 Å². The molecule has 2 heteroatoms. The standard InChI is InChI=1S/C17H28O2/c1-11(18)19-14-13-12-7-10-17(14,5)16(12,4)9-6-8-15(13,2)3/h12-14H,6-10H2,1-5H3/t12?,13-,14+,16?,17+/m0/s1. The number of hydrogen-bond donors (Lipinski definition) is 0. The first-order chi connectivity index (χ1) is 8.72. The fourth-order valence-corrected chi connectivity index (χ4v) is 6.02. The van der Waals surface area contributed by atoms with E-state index in [-0.39, 0.29) is 17.5 Å². The summed E-state index contributed by atoms with van der Waals surface area (Å²) < 4.78 is 5.88. The van der Waals surface area contributed by atoms with Crippen LogP contribution in [0.3, 0.4) is 0 Å². The van der Waals surface area contributed by atoms with Crippen molar-refractivity contribution in [1.29, 1.82) is 0 Å². The average Bonchev–Trinajstić information content (AvgIpc) is 2.57. The summed E-state index contributed by atoms with van der Waals surface area (Å²) in [5.74, 6) is 1.21. The van der Waals surface area contributed by atoms with Gasteiger partial charge >= 0.3 is 5.97 Å². The minimum absolute atomic E-state index is 0.0949. The molecule has 108 valence electrons. The number of rotatable bonds is 1. The van der Waals surface area contributed by atoms with Crippen LogP contribution >= 0.6 is 0 Å². The smallest absolute Gasteiger partial charge is 0.302 e. The molecule has 3 saturated carbocycles. The first kappa shape index (κ1) is 13.5. The fraction of sp³-hybridized carbons (Fsp3) is 0.941. The lowest BCUT2D eigenvalue weighted by molar-refractivity contribution is -0.163. The molecule has 0 N–H and O–H groups in total. The third-order valence-corrected chi connectivity index (χ3v) is 7.20. The van der Waals surface area contributed by atoms with Crippen LogP contribution in [0.4, 0.5) is 0 Å². The van der Waals surface area contributed by atoms with Gasteiger partial charge in [-0.25, -0.2) is 0 Å². The second-order valence-corrected chi connectivity index (χ2v) is 8.38. The van der Waals surface area contributed by atoms with Crippen molar-refractivity contribution >= 4 is 5.97 Å². The Kier molecular flexibility index (Phi) is 2.67. The van der Waals surface area contributed by atoms with E-state index in [2.05, 4.69) is 27.7 Å². The Labute approximate surface area is 117 Å². The Bertz CT molecular complexity index is 413. The van der Waals surface area contributed by atoms with E-state index in [4.69, 9.17) is 4.74 Å². The van der Waals surface area contributed by atoms with Gasteiger partial charge in [0.2, 0.25) is 0 Å². The molecule has 0 aromatic carbocycles. The zero-order valence-electron chi connectivity index (χ0n) is 13.1. The normalized spacial score (nSPS) is 50.9. The first-order valence-corrected chi connectivity index (χ1v) is 7.90. The van der Waals surface area contributed by atoms with E-state index in [1.54, 1.807) is 6.92 Å². The number of carbonyl (C=O) groups excluding carboxylic acids is 1. The molecule has 3 rings (SSSR count). The molecule has 19 heavy (non-hydrogen) atoms. The summed E-state index contributed by atoms with van der Waals surface area (Å²) in [5, 5.41) is 0. The van der Waals surface area contributed by atoms with Crippen molar-refractivity contribution < 1.29 is 9.53 Å². The van der Waals surface area contributed by atoms with E-state index >= 15 is 0 Å². The third-order valence-electron chi connectivity index (χ3n) is 7.20. The van der Waals surface area contributed by atoms with Crippen LogP contribution in [0.15, 0.2) is 0 Å². The summed E-state index contributed by atoms with van der Waals surface area (Å²) in [5.41, 5.74) is 0.887. The molecule has 2 nitrogen and oxygen atoms in total. The molecule has 0 heterocycles.